The summed E-state index contributed by atoms with van der Waals surface area (Å²) in [7, 11) is -0.179. The van der Waals surface area contributed by atoms with Crippen LogP contribution >= 0.6 is 10.6 Å². The van der Waals surface area contributed by atoms with Crippen LogP contribution in [0.2, 0.25) is 0 Å². The highest BCUT2D eigenvalue weighted by Gasteiger charge is 2.16. The van der Waals surface area contributed by atoms with Crippen molar-refractivity contribution in [3.63, 3.8) is 0 Å². The van der Waals surface area contributed by atoms with E-state index >= 15 is 0 Å². The molecule has 1 rings (SSSR count). The monoisotopic (exact) mass is 165 g/mol. The molecule has 1 aliphatic rings. The van der Waals surface area contributed by atoms with Crippen LogP contribution in [0.3, 0.4) is 0 Å². The van der Waals surface area contributed by atoms with Gasteiger partial charge < -0.3 is 4.90 Å². The summed E-state index contributed by atoms with van der Waals surface area (Å²) < 4.78 is 18.6. The van der Waals surface area contributed by atoms with Gasteiger partial charge in [-0.1, -0.05) is 0 Å². The molecule has 0 unspecified atom stereocenters. The highest BCUT2D eigenvalue weighted by Crippen LogP contribution is 2.39. The van der Waals surface area contributed by atoms with Crippen molar-refractivity contribution in [3.05, 3.63) is 0 Å². The molecule has 10 heavy (non-hydrogen) atoms. The zero-order chi connectivity index (χ0) is 7.61. The van der Waals surface area contributed by atoms with E-state index in [1.165, 1.54) is 0 Å². The normalized spacial score (nSPS) is 31.1. The highest BCUT2D eigenvalue weighted by molar-refractivity contribution is 8.24. The predicted molar refractivity (Wildman–Crippen MR) is 44.7 cm³/mol. The lowest BCUT2D eigenvalue weighted by atomic mass is 10.4. The Bertz CT molecular complexity index is 118. The SMILES string of the molecule is CN1CCCS(O)(O)CC1. The Morgan fingerprint density at radius 3 is 2.60 bits per heavy atom. The van der Waals surface area contributed by atoms with Gasteiger partial charge in [-0.2, -0.15) is 10.6 Å². The van der Waals surface area contributed by atoms with E-state index in [2.05, 4.69) is 4.90 Å². The number of hydrogen-bond acceptors (Lipinski definition) is 3. The quantitative estimate of drug-likeness (QED) is 0.564. The van der Waals surface area contributed by atoms with Crippen molar-refractivity contribution in [1.82, 2.24) is 4.90 Å². The first-order valence-electron chi connectivity index (χ1n) is 3.52. The summed E-state index contributed by atoms with van der Waals surface area (Å²) in [6.07, 6.45) is 0.916. The minimum atomic E-state index is -2.19. The second-order valence-corrected chi connectivity index (χ2v) is 5.29. The van der Waals surface area contributed by atoms with Gasteiger partial charge in [-0.25, -0.2) is 0 Å². The summed E-state index contributed by atoms with van der Waals surface area (Å²) in [6, 6.07) is 0. The van der Waals surface area contributed by atoms with E-state index in [1.54, 1.807) is 0 Å². The molecule has 0 atom stereocenters. The third-order valence-electron chi connectivity index (χ3n) is 1.81. The van der Waals surface area contributed by atoms with Gasteiger partial charge in [-0.3, -0.25) is 9.11 Å². The van der Waals surface area contributed by atoms with Gasteiger partial charge >= 0.3 is 0 Å². The van der Waals surface area contributed by atoms with Gasteiger partial charge in [0, 0.05) is 12.3 Å². The van der Waals surface area contributed by atoms with Crippen molar-refractivity contribution in [2.24, 2.45) is 0 Å². The molecular weight excluding hydrogens is 150 g/mol. The average molecular weight is 165 g/mol. The molecule has 1 heterocycles. The van der Waals surface area contributed by atoms with Crippen LogP contribution in [-0.4, -0.2) is 45.6 Å². The van der Waals surface area contributed by atoms with E-state index in [-0.39, 0.29) is 0 Å². The molecule has 1 aliphatic heterocycles. The second-order valence-electron chi connectivity index (χ2n) is 2.87. The summed E-state index contributed by atoms with van der Waals surface area (Å²) >= 11 is 0. The predicted octanol–water partition coefficient (Wildman–Crippen LogP) is 1.07. The molecule has 0 aromatic heterocycles. The van der Waals surface area contributed by atoms with Gasteiger partial charge in [0.25, 0.3) is 0 Å². The summed E-state index contributed by atoms with van der Waals surface area (Å²) in [4.78, 5) is 2.14. The molecule has 2 N–H and O–H groups in total. The lowest BCUT2D eigenvalue weighted by molar-refractivity contribution is 0.361. The van der Waals surface area contributed by atoms with E-state index < -0.39 is 10.6 Å². The largest absolute Gasteiger partial charge is 0.305 e. The summed E-state index contributed by atoms with van der Waals surface area (Å²) in [5, 5.41) is 0. The number of rotatable bonds is 0. The van der Waals surface area contributed by atoms with Crippen LogP contribution in [-0.2, 0) is 0 Å². The van der Waals surface area contributed by atoms with Crippen LogP contribution in [0.15, 0.2) is 0 Å². The fourth-order valence-corrected chi connectivity index (χ4v) is 2.48. The van der Waals surface area contributed by atoms with Crippen LogP contribution in [0.4, 0.5) is 0 Å². The molecular formula is C6H15NO2S. The Morgan fingerprint density at radius 1 is 1.20 bits per heavy atom. The van der Waals surface area contributed by atoms with E-state index in [1.807, 2.05) is 7.05 Å². The third-order valence-corrected chi connectivity index (χ3v) is 3.59. The van der Waals surface area contributed by atoms with Gasteiger partial charge in [-0.05, 0) is 20.0 Å². The van der Waals surface area contributed by atoms with Gasteiger partial charge in [0.05, 0.1) is 5.75 Å². The molecule has 0 aliphatic carbocycles. The fourth-order valence-electron chi connectivity index (χ4n) is 1.08. The molecule has 0 saturated carbocycles. The molecule has 3 nitrogen and oxygen atoms in total. The van der Waals surface area contributed by atoms with Crippen LogP contribution in [0, 0.1) is 0 Å². The number of hydrogen-bond donors (Lipinski definition) is 2. The molecule has 1 fully saturated rings. The second kappa shape index (κ2) is 3.09. The summed E-state index contributed by atoms with van der Waals surface area (Å²) in [6.45, 7) is 1.82. The minimum Gasteiger partial charge on any atom is -0.305 e. The Balaban J connectivity index is 2.41. The third kappa shape index (κ3) is 2.46. The van der Waals surface area contributed by atoms with Crippen molar-refractivity contribution in [3.8, 4) is 0 Å². The Hall–Kier alpha value is 0.230. The standard InChI is InChI=1S/C6H15NO2S/c1-7-3-2-5-10(8,9)6-4-7/h8-9H,2-6H2,1H3. The van der Waals surface area contributed by atoms with E-state index in [0.29, 0.717) is 11.5 Å². The zero-order valence-electron chi connectivity index (χ0n) is 6.29. The molecule has 0 aromatic carbocycles. The van der Waals surface area contributed by atoms with Crippen LogP contribution < -0.4 is 0 Å². The number of nitrogens with zero attached hydrogens (tertiary/aromatic N) is 1. The highest BCUT2D eigenvalue weighted by atomic mass is 32.3. The van der Waals surface area contributed by atoms with Crippen molar-refractivity contribution < 1.29 is 9.11 Å². The maximum atomic E-state index is 9.28. The van der Waals surface area contributed by atoms with Crippen molar-refractivity contribution in [2.75, 3.05) is 31.6 Å². The lowest BCUT2D eigenvalue weighted by Crippen LogP contribution is -2.21. The molecule has 0 radical (unpaired) electrons. The lowest BCUT2D eigenvalue weighted by Gasteiger charge is -2.30. The molecule has 0 spiro atoms. The van der Waals surface area contributed by atoms with E-state index in [4.69, 9.17) is 0 Å². The Kier molecular flexibility index (Phi) is 2.57. The van der Waals surface area contributed by atoms with Crippen LogP contribution in [0.25, 0.3) is 0 Å². The maximum absolute atomic E-state index is 9.28. The van der Waals surface area contributed by atoms with E-state index in [0.717, 1.165) is 19.5 Å². The van der Waals surface area contributed by atoms with Crippen LogP contribution in [0.1, 0.15) is 6.42 Å². The Morgan fingerprint density at radius 2 is 1.90 bits per heavy atom. The molecule has 0 aromatic rings. The molecule has 1 saturated heterocycles. The first-order valence-corrected chi connectivity index (χ1v) is 5.41. The zero-order valence-corrected chi connectivity index (χ0v) is 7.10. The smallest absolute Gasteiger partial charge is 0.0501 e. The van der Waals surface area contributed by atoms with Crippen LogP contribution in [0.5, 0.6) is 0 Å². The van der Waals surface area contributed by atoms with Gasteiger partial charge in [0.15, 0.2) is 0 Å². The Labute approximate surface area is 63.4 Å². The minimum absolute atomic E-state index is 0.559. The maximum Gasteiger partial charge on any atom is 0.0501 e. The first-order chi connectivity index (χ1) is 4.60. The molecule has 0 amide bonds. The first kappa shape index (κ1) is 8.33. The van der Waals surface area contributed by atoms with Gasteiger partial charge in [0.2, 0.25) is 0 Å². The van der Waals surface area contributed by atoms with Crippen molar-refractivity contribution in [1.29, 1.82) is 0 Å². The van der Waals surface area contributed by atoms with Gasteiger partial charge in [0.1, 0.15) is 0 Å². The summed E-state index contributed by atoms with van der Waals surface area (Å²) in [5.74, 6) is 1.15. The average Bonchev–Trinajstić information content (AvgIpc) is 1.94. The van der Waals surface area contributed by atoms with Gasteiger partial charge in [-0.15, -0.1) is 0 Å². The summed E-state index contributed by atoms with van der Waals surface area (Å²) in [5.41, 5.74) is 0. The van der Waals surface area contributed by atoms with E-state index in [9.17, 15) is 9.11 Å². The molecule has 62 valence electrons. The topological polar surface area (TPSA) is 43.7 Å². The van der Waals surface area contributed by atoms with Crippen molar-refractivity contribution in [2.45, 2.75) is 6.42 Å². The molecule has 4 heteroatoms. The molecule has 0 bridgehead atoms. The fraction of sp³-hybridized carbons (Fsp3) is 1.00. The van der Waals surface area contributed by atoms with Crippen molar-refractivity contribution >= 4 is 10.6 Å².